The van der Waals surface area contributed by atoms with E-state index in [9.17, 15) is 18.4 Å². The van der Waals surface area contributed by atoms with Gasteiger partial charge in [0.25, 0.3) is 0 Å². The molecule has 88 valence electrons. The van der Waals surface area contributed by atoms with Gasteiger partial charge in [-0.05, 0) is 18.2 Å². The molecule has 16 heavy (non-hydrogen) atoms. The van der Waals surface area contributed by atoms with Crippen LogP contribution in [0.4, 0.5) is 8.78 Å². The zero-order valence-electron chi connectivity index (χ0n) is 8.74. The third-order valence-corrected chi connectivity index (χ3v) is 1.73. The van der Waals surface area contributed by atoms with Gasteiger partial charge in [0, 0.05) is 25.5 Å². The first-order chi connectivity index (χ1) is 7.65. The minimum absolute atomic E-state index is 0.0224. The molecule has 0 saturated heterocycles. The van der Waals surface area contributed by atoms with Crippen molar-refractivity contribution in [2.75, 3.05) is 7.11 Å². The molecule has 1 aromatic carbocycles. The number of carbonyl (C=O) groups excluding carboxylic acids is 2. The van der Waals surface area contributed by atoms with E-state index >= 15 is 0 Å². The van der Waals surface area contributed by atoms with Gasteiger partial charge in [0.05, 0.1) is 0 Å². The summed E-state index contributed by atoms with van der Waals surface area (Å²) in [7, 11) is 1.00. The number of hydrogen-bond donors (Lipinski definition) is 1. The number of hydrogen-bond acceptors (Lipinski definition) is 3. The first kappa shape index (κ1) is 14.4. The van der Waals surface area contributed by atoms with Crippen LogP contribution >= 0.6 is 0 Å². The first-order valence-electron chi connectivity index (χ1n) is 4.51. The van der Waals surface area contributed by atoms with E-state index in [1.807, 2.05) is 0 Å². The molecule has 0 amide bonds. The van der Waals surface area contributed by atoms with Crippen LogP contribution in [0.5, 0.6) is 0 Å². The van der Waals surface area contributed by atoms with Gasteiger partial charge >= 0.3 is 0 Å². The largest absolute Gasteiger partial charge is 0.400 e. The lowest BCUT2D eigenvalue weighted by Gasteiger charge is -1.99. The minimum Gasteiger partial charge on any atom is -0.400 e. The molecule has 0 heterocycles. The van der Waals surface area contributed by atoms with Gasteiger partial charge in [-0.15, -0.1) is 0 Å². The maximum atomic E-state index is 12.7. The van der Waals surface area contributed by atoms with Crippen molar-refractivity contribution in [1.82, 2.24) is 0 Å². The van der Waals surface area contributed by atoms with E-state index in [0.29, 0.717) is 6.29 Å². The van der Waals surface area contributed by atoms with Crippen molar-refractivity contribution >= 4 is 12.1 Å². The van der Waals surface area contributed by atoms with Crippen molar-refractivity contribution < 1.29 is 23.5 Å². The van der Waals surface area contributed by atoms with Crippen LogP contribution < -0.4 is 0 Å². The van der Waals surface area contributed by atoms with Gasteiger partial charge < -0.3 is 9.90 Å². The average Bonchev–Trinajstić information content (AvgIpc) is 2.32. The molecule has 0 aliphatic heterocycles. The molecular formula is C11H12F2O3. The van der Waals surface area contributed by atoms with Crippen LogP contribution in [0, 0.1) is 11.6 Å². The lowest BCUT2D eigenvalue weighted by molar-refractivity contribution is -0.107. The Morgan fingerprint density at radius 2 is 1.94 bits per heavy atom. The van der Waals surface area contributed by atoms with Crippen LogP contribution in [0.3, 0.4) is 0 Å². The van der Waals surface area contributed by atoms with E-state index in [2.05, 4.69) is 0 Å². The summed E-state index contributed by atoms with van der Waals surface area (Å²) in [5.41, 5.74) is 0.0887. The molecule has 0 unspecified atom stereocenters. The first-order valence-corrected chi connectivity index (χ1v) is 4.51. The monoisotopic (exact) mass is 230 g/mol. The summed E-state index contributed by atoms with van der Waals surface area (Å²) in [5.74, 6) is -2.41. The smallest absolute Gasteiger partial charge is 0.163 e. The fourth-order valence-electron chi connectivity index (χ4n) is 1.00. The molecule has 1 N–H and O–H groups in total. The molecule has 0 aromatic heterocycles. The lowest BCUT2D eigenvalue weighted by Crippen LogP contribution is -2.00. The standard InChI is InChI=1S/C10H8F2O2.CH4O/c11-8-4-3-7(6-9(8)12)10(14)2-1-5-13;1-2/h3-6H,1-2H2;2H,1H3. The Labute approximate surface area is 91.7 Å². The van der Waals surface area contributed by atoms with Crippen molar-refractivity contribution in [3.63, 3.8) is 0 Å². The number of halogens is 2. The summed E-state index contributed by atoms with van der Waals surface area (Å²) in [4.78, 5) is 21.2. The van der Waals surface area contributed by atoms with E-state index in [0.717, 1.165) is 19.2 Å². The van der Waals surface area contributed by atoms with Gasteiger partial charge in [0.1, 0.15) is 6.29 Å². The normalized spacial score (nSPS) is 9.00. The van der Waals surface area contributed by atoms with E-state index in [-0.39, 0.29) is 24.2 Å². The highest BCUT2D eigenvalue weighted by Crippen LogP contribution is 2.10. The zero-order valence-corrected chi connectivity index (χ0v) is 8.74. The highest BCUT2D eigenvalue weighted by Gasteiger charge is 2.08. The number of Topliss-reactive ketones (excluding diaryl/α,β-unsaturated/α-hetero) is 1. The Morgan fingerprint density at radius 3 is 2.44 bits per heavy atom. The van der Waals surface area contributed by atoms with Gasteiger partial charge in [-0.1, -0.05) is 0 Å². The summed E-state index contributed by atoms with van der Waals surface area (Å²) in [6.45, 7) is 0. The molecule has 1 rings (SSSR count). The van der Waals surface area contributed by atoms with Gasteiger partial charge in [-0.25, -0.2) is 8.78 Å². The minimum atomic E-state index is -1.05. The third kappa shape index (κ3) is 4.27. The van der Waals surface area contributed by atoms with Crippen LogP contribution in [-0.2, 0) is 4.79 Å². The molecule has 0 spiro atoms. The number of rotatable bonds is 4. The molecular weight excluding hydrogens is 218 g/mol. The molecule has 0 saturated carbocycles. The fourth-order valence-corrected chi connectivity index (χ4v) is 1.00. The average molecular weight is 230 g/mol. The second-order valence-electron chi connectivity index (χ2n) is 2.76. The predicted molar refractivity (Wildman–Crippen MR) is 54.1 cm³/mol. The summed E-state index contributed by atoms with van der Waals surface area (Å²) < 4.78 is 25.1. The van der Waals surface area contributed by atoms with Crippen molar-refractivity contribution in [3.05, 3.63) is 35.4 Å². The van der Waals surface area contributed by atoms with E-state index in [4.69, 9.17) is 5.11 Å². The number of aldehydes is 1. The number of carbonyl (C=O) groups is 2. The maximum Gasteiger partial charge on any atom is 0.163 e. The fraction of sp³-hybridized carbons (Fsp3) is 0.273. The van der Waals surface area contributed by atoms with Crippen LogP contribution in [0.2, 0.25) is 0 Å². The number of aliphatic hydroxyl groups excluding tert-OH is 1. The molecule has 3 nitrogen and oxygen atoms in total. The van der Waals surface area contributed by atoms with Gasteiger partial charge in [-0.2, -0.15) is 0 Å². The number of ketones is 1. The summed E-state index contributed by atoms with van der Waals surface area (Å²) in [5, 5.41) is 7.00. The van der Waals surface area contributed by atoms with Crippen molar-refractivity contribution in [1.29, 1.82) is 0 Å². The maximum absolute atomic E-state index is 12.7. The molecule has 5 heteroatoms. The van der Waals surface area contributed by atoms with Crippen LogP contribution in [0.25, 0.3) is 0 Å². The predicted octanol–water partition coefficient (Wildman–Crippen LogP) is 1.74. The second kappa shape index (κ2) is 7.64. The Hall–Kier alpha value is -1.62. The molecule has 0 fully saturated rings. The summed E-state index contributed by atoms with van der Waals surface area (Å²) >= 11 is 0. The van der Waals surface area contributed by atoms with Crippen molar-refractivity contribution in [3.8, 4) is 0 Å². The SMILES string of the molecule is CO.O=CCCC(=O)c1ccc(F)c(F)c1. The summed E-state index contributed by atoms with van der Waals surface area (Å²) in [6.07, 6.45) is 0.726. The topological polar surface area (TPSA) is 54.4 Å². The van der Waals surface area contributed by atoms with Crippen molar-refractivity contribution in [2.24, 2.45) is 0 Å². The zero-order chi connectivity index (χ0) is 12.6. The Kier molecular flexibility index (Phi) is 6.87. The van der Waals surface area contributed by atoms with Crippen LogP contribution in [-0.4, -0.2) is 24.3 Å². The van der Waals surface area contributed by atoms with E-state index < -0.39 is 11.6 Å². The Bertz CT molecular complexity index is 364. The number of benzene rings is 1. The van der Waals surface area contributed by atoms with Gasteiger partial charge in [0.2, 0.25) is 0 Å². The Morgan fingerprint density at radius 1 is 1.31 bits per heavy atom. The van der Waals surface area contributed by atoms with Crippen LogP contribution in [0.1, 0.15) is 23.2 Å². The highest BCUT2D eigenvalue weighted by atomic mass is 19.2. The van der Waals surface area contributed by atoms with Gasteiger partial charge in [0.15, 0.2) is 17.4 Å². The molecule has 0 radical (unpaired) electrons. The van der Waals surface area contributed by atoms with Gasteiger partial charge in [-0.3, -0.25) is 4.79 Å². The van der Waals surface area contributed by atoms with E-state index in [1.54, 1.807) is 0 Å². The third-order valence-electron chi connectivity index (χ3n) is 1.73. The molecule has 0 aliphatic rings. The number of aliphatic hydroxyl groups is 1. The quantitative estimate of drug-likeness (QED) is 0.633. The summed E-state index contributed by atoms with van der Waals surface area (Å²) in [6, 6.07) is 2.93. The molecule has 1 aromatic rings. The Balaban J connectivity index is 0.00000106. The second-order valence-corrected chi connectivity index (χ2v) is 2.76. The highest BCUT2D eigenvalue weighted by molar-refractivity contribution is 5.96. The van der Waals surface area contributed by atoms with E-state index in [1.165, 1.54) is 6.07 Å². The van der Waals surface area contributed by atoms with Crippen molar-refractivity contribution in [2.45, 2.75) is 12.8 Å². The lowest BCUT2D eigenvalue weighted by atomic mass is 10.1. The molecule has 0 atom stereocenters. The molecule has 0 bridgehead atoms. The van der Waals surface area contributed by atoms with Crippen LogP contribution in [0.15, 0.2) is 18.2 Å². The molecule has 0 aliphatic carbocycles.